The van der Waals surface area contributed by atoms with Crippen LogP contribution in [0, 0.1) is 0 Å². The molecule has 0 radical (unpaired) electrons. The number of hydrogen-bond acceptors (Lipinski definition) is 3. The highest BCUT2D eigenvalue weighted by Crippen LogP contribution is 2.17. The standard InChI is InChI=1S/C43H79NO2/c1-5-7-9-11-13-15-17-19-21-23-25-27-29-31-33-35-38-42(46-43(45)40-37-41-44(3)4)39-36-34-32-30-28-26-24-22-20-18-16-14-12-10-8-6-2/h13-16,25-28,42H,5-12,17-24,29-41H2,1-4H3/b15-13-,16-14-,27-25-,28-26-. The van der Waals surface area contributed by atoms with E-state index < -0.39 is 0 Å². The molecule has 268 valence electrons. The van der Waals surface area contributed by atoms with Crippen LogP contribution < -0.4 is 0 Å². The summed E-state index contributed by atoms with van der Waals surface area (Å²) in [5, 5.41) is 0. The van der Waals surface area contributed by atoms with Gasteiger partial charge >= 0.3 is 5.97 Å². The van der Waals surface area contributed by atoms with Gasteiger partial charge in [0.25, 0.3) is 0 Å². The highest BCUT2D eigenvalue weighted by Gasteiger charge is 2.14. The summed E-state index contributed by atoms with van der Waals surface area (Å²) in [6.07, 6.45) is 52.8. The normalized spacial score (nSPS) is 12.4. The second-order valence-electron chi connectivity index (χ2n) is 13.7. The van der Waals surface area contributed by atoms with Crippen molar-refractivity contribution in [3.63, 3.8) is 0 Å². The summed E-state index contributed by atoms with van der Waals surface area (Å²) in [6.45, 7) is 5.47. The first-order chi connectivity index (χ1) is 22.6. The van der Waals surface area contributed by atoms with Crippen molar-refractivity contribution in [3.8, 4) is 0 Å². The fourth-order valence-electron chi connectivity index (χ4n) is 5.68. The van der Waals surface area contributed by atoms with E-state index in [1.54, 1.807) is 0 Å². The summed E-state index contributed by atoms with van der Waals surface area (Å²) in [4.78, 5) is 14.6. The monoisotopic (exact) mass is 642 g/mol. The Labute approximate surface area is 288 Å². The van der Waals surface area contributed by atoms with Crippen LogP contribution in [0.15, 0.2) is 48.6 Å². The van der Waals surface area contributed by atoms with Crippen LogP contribution >= 0.6 is 0 Å². The first-order valence-corrected chi connectivity index (χ1v) is 20.0. The van der Waals surface area contributed by atoms with Crippen molar-refractivity contribution in [1.82, 2.24) is 4.90 Å². The lowest BCUT2D eigenvalue weighted by molar-refractivity contribution is -0.150. The van der Waals surface area contributed by atoms with Crippen molar-refractivity contribution in [1.29, 1.82) is 0 Å². The zero-order valence-electron chi connectivity index (χ0n) is 31.5. The number of carbonyl (C=O) groups is 1. The van der Waals surface area contributed by atoms with Gasteiger partial charge in [-0.05, 0) is 155 Å². The molecule has 0 fully saturated rings. The smallest absolute Gasteiger partial charge is 0.306 e. The zero-order valence-corrected chi connectivity index (χ0v) is 31.5. The van der Waals surface area contributed by atoms with Gasteiger partial charge < -0.3 is 9.64 Å². The summed E-state index contributed by atoms with van der Waals surface area (Å²) in [7, 11) is 4.12. The van der Waals surface area contributed by atoms with Gasteiger partial charge in [-0.15, -0.1) is 0 Å². The fourth-order valence-corrected chi connectivity index (χ4v) is 5.68. The van der Waals surface area contributed by atoms with E-state index in [-0.39, 0.29) is 12.1 Å². The molecule has 0 saturated carbocycles. The van der Waals surface area contributed by atoms with Crippen molar-refractivity contribution in [3.05, 3.63) is 48.6 Å². The van der Waals surface area contributed by atoms with Crippen LogP contribution in [0.3, 0.4) is 0 Å². The molecule has 0 spiro atoms. The van der Waals surface area contributed by atoms with Crippen LogP contribution in [0.4, 0.5) is 0 Å². The molecule has 3 heteroatoms. The maximum absolute atomic E-state index is 12.5. The maximum Gasteiger partial charge on any atom is 0.306 e. The second-order valence-corrected chi connectivity index (χ2v) is 13.7. The van der Waals surface area contributed by atoms with Crippen molar-refractivity contribution >= 4 is 5.97 Å². The van der Waals surface area contributed by atoms with Crippen LogP contribution in [0.5, 0.6) is 0 Å². The molecule has 0 atom stereocenters. The van der Waals surface area contributed by atoms with Crippen molar-refractivity contribution in [2.24, 2.45) is 0 Å². The number of rotatable bonds is 35. The Balaban J connectivity index is 4.05. The molecule has 0 heterocycles. The van der Waals surface area contributed by atoms with Crippen LogP contribution in [-0.2, 0) is 9.53 Å². The Hall–Kier alpha value is -1.61. The Morgan fingerprint density at radius 3 is 1.13 bits per heavy atom. The average molecular weight is 642 g/mol. The molecule has 0 aromatic heterocycles. The summed E-state index contributed by atoms with van der Waals surface area (Å²) in [5.41, 5.74) is 0. The molecule has 0 N–H and O–H groups in total. The first kappa shape index (κ1) is 44.4. The molecule has 0 aliphatic heterocycles. The Morgan fingerprint density at radius 2 is 0.804 bits per heavy atom. The molecule has 0 bridgehead atoms. The zero-order chi connectivity index (χ0) is 33.6. The van der Waals surface area contributed by atoms with E-state index in [9.17, 15) is 4.79 Å². The van der Waals surface area contributed by atoms with E-state index in [2.05, 4.69) is 81.5 Å². The molecule has 46 heavy (non-hydrogen) atoms. The van der Waals surface area contributed by atoms with Gasteiger partial charge in [0.1, 0.15) is 6.10 Å². The predicted octanol–water partition coefficient (Wildman–Crippen LogP) is 13.6. The number of hydrogen-bond donors (Lipinski definition) is 0. The topological polar surface area (TPSA) is 29.5 Å². The minimum Gasteiger partial charge on any atom is -0.462 e. The summed E-state index contributed by atoms with van der Waals surface area (Å²) >= 11 is 0. The van der Waals surface area contributed by atoms with Crippen molar-refractivity contribution < 1.29 is 9.53 Å². The third kappa shape index (κ3) is 36.9. The average Bonchev–Trinajstić information content (AvgIpc) is 3.04. The molecular weight excluding hydrogens is 562 g/mol. The molecule has 0 aliphatic rings. The van der Waals surface area contributed by atoms with Gasteiger partial charge in [0, 0.05) is 6.42 Å². The van der Waals surface area contributed by atoms with Gasteiger partial charge in [-0.3, -0.25) is 4.79 Å². The third-order valence-electron chi connectivity index (χ3n) is 8.68. The highest BCUT2D eigenvalue weighted by atomic mass is 16.5. The van der Waals surface area contributed by atoms with Crippen LogP contribution in [0.25, 0.3) is 0 Å². The third-order valence-corrected chi connectivity index (χ3v) is 8.68. The van der Waals surface area contributed by atoms with Gasteiger partial charge in [-0.1, -0.05) is 101 Å². The number of allylic oxidation sites excluding steroid dienone is 8. The van der Waals surface area contributed by atoms with E-state index in [4.69, 9.17) is 4.74 Å². The lowest BCUT2D eigenvalue weighted by Gasteiger charge is -2.18. The number of carbonyl (C=O) groups excluding carboxylic acids is 1. The lowest BCUT2D eigenvalue weighted by Crippen LogP contribution is -2.20. The molecule has 3 nitrogen and oxygen atoms in total. The highest BCUT2D eigenvalue weighted by molar-refractivity contribution is 5.69. The quantitative estimate of drug-likeness (QED) is 0.0392. The molecule has 0 unspecified atom stereocenters. The Morgan fingerprint density at radius 1 is 0.478 bits per heavy atom. The van der Waals surface area contributed by atoms with E-state index in [0.29, 0.717) is 6.42 Å². The molecule has 0 rings (SSSR count). The molecular formula is C43H79NO2. The first-order valence-electron chi connectivity index (χ1n) is 20.0. The summed E-state index contributed by atoms with van der Waals surface area (Å²) in [5.74, 6) is -0.00307. The van der Waals surface area contributed by atoms with E-state index in [0.717, 1.165) is 38.6 Å². The Kier molecular flexibility index (Phi) is 36.5. The van der Waals surface area contributed by atoms with E-state index in [1.165, 1.54) is 141 Å². The number of nitrogens with zero attached hydrogens (tertiary/aromatic N) is 1. The van der Waals surface area contributed by atoms with E-state index in [1.807, 2.05) is 0 Å². The van der Waals surface area contributed by atoms with Gasteiger partial charge in [0.05, 0.1) is 0 Å². The van der Waals surface area contributed by atoms with Crippen LogP contribution in [0.2, 0.25) is 0 Å². The molecule has 0 aromatic rings. The minimum absolute atomic E-state index is 0.00307. The van der Waals surface area contributed by atoms with Gasteiger partial charge in [-0.25, -0.2) is 0 Å². The summed E-state index contributed by atoms with van der Waals surface area (Å²) in [6, 6.07) is 0. The molecule has 0 amide bonds. The van der Waals surface area contributed by atoms with E-state index >= 15 is 0 Å². The maximum atomic E-state index is 12.5. The molecule has 0 aliphatic carbocycles. The summed E-state index contributed by atoms with van der Waals surface area (Å²) < 4.78 is 5.99. The van der Waals surface area contributed by atoms with Crippen molar-refractivity contribution in [2.75, 3.05) is 20.6 Å². The lowest BCUT2D eigenvalue weighted by atomic mass is 10.0. The number of esters is 1. The number of unbranched alkanes of at least 4 members (excludes halogenated alkanes) is 18. The Bertz CT molecular complexity index is 687. The predicted molar refractivity (Wildman–Crippen MR) is 206 cm³/mol. The molecule has 0 aromatic carbocycles. The SMILES string of the molecule is CCCCC/C=C\CCCC/C=C\CCCCCC(CCCCC/C=C\CCCC/C=C\CCCCC)OC(=O)CCCN(C)C. The second kappa shape index (κ2) is 37.8. The fraction of sp³-hybridized carbons (Fsp3) is 0.791. The van der Waals surface area contributed by atoms with Gasteiger partial charge in [0.2, 0.25) is 0 Å². The van der Waals surface area contributed by atoms with Gasteiger partial charge in [-0.2, -0.15) is 0 Å². The van der Waals surface area contributed by atoms with Crippen molar-refractivity contribution in [2.45, 2.75) is 200 Å². The van der Waals surface area contributed by atoms with Crippen LogP contribution in [-0.4, -0.2) is 37.6 Å². The largest absolute Gasteiger partial charge is 0.462 e. The van der Waals surface area contributed by atoms with Gasteiger partial charge in [0.15, 0.2) is 0 Å². The molecule has 0 saturated heterocycles. The number of ether oxygens (including phenoxy) is 1. The van der Waals surface area contributed by atoms with Crippen LogP contribution in [0.1, 0.15) is 194 Å². The minimum atomic E-state index is -0.00307.